The van der Waals surface area contributed by atoms with E-state index >= 15 is 0 Å². The second-order valence-corrected chi connectivity index (χ2v) is 7.07. The van der Waals surface area contributed by atoms with Gasteiger partial charge in [0.2, 0.25) is 5.91 Å². The highest BCUT2D eigenvalue weighted by molar-refractivity contribution is 5.78. The molecule has 1 fully saturated rings. The van der Waals surface area contributed by atoms with Crippen molar-refractivity contribution in [3.05, 3.63) is 46.8 Å². The van der Waals surface area contributed by atoms with Gasteiger partial charge in [-0.3, -0.25) is 9.69 Å². The summed E-state index contributed by atoms with van der Waals surface area (Å²) < 4.78 is 4.68. The van der Waals surface area contributed by atoms with Crippen LogP contribution in [0.25, 0.3) is 0 Å². The highest BCUT2D eigenvalue weighted by Gasteiger charge is 2.29. The summed E-state index contributed by atoms with van der Waals surface area (Å²) in [4.78, 5) is 17.0. The highest BCUT2D eigenvalue weighted by atomic mass is 16.6. The molecule has 2 aliphatic heterocycles. The minimum atomic E-state index is 0.126. The van der Waals surface area contributed by atoms with Crippen LogP contribution in [0.2, 0.25) is 0 Å². The van der Waals surface area contributed by atoms with Gasteiger partial charge < -0.3 is 4.90 Å². The third-order valence-corrected chi connectivity index (χ3v) is 5.56. The Labute approximate surface area is 147 Å². The van der Waals surface area contributed by atoms with Gasteiger partial charge in [0.25, 0.3) is 0 Å². The van der Waals surface area contributed by atoms with Gasteiger partial charge >= 0.3 is 0 Å². The van der Waals surface area contributed by atoms with Gasteiger partial charge in [0.15, 0.2) is 0 Å². The molecule has 4 rings (SSSR count). The Morgan fingerprint density at radius 3 is 2.64 bits per heavy atom. The molecule has 1 saturated heterocycles. The molecule has 132 valence electrons. The van der Waals surface area contributed by atoms with Gasteiger partial charge in [0.1, 0.15) is 11.4 Å². The number of carbonyl (C=O) groups excluding carboxylic acids is 1. The molecule has 0 spiro atoms. The van der Waals surface area contributed by atoms with Gasteiger partial charge in [-0.15, -0.1) is 0 Å². The first-order valence-electron chi connectivity index (χ1n) is 9.07. The van der Waals surface area contributed by atoms with Crippen LogP contribution in [-0.2, 0) is 24.2 Å². The Morgan fingerprint density at radius 1 is 1.16 bits per heavy atom. The molecule has 1 amide bonds. The monoisotopic (exact) mass is 340 g/mol. The number of nitrogens with zero attached hydrogens (tertiary/aromatic N) is 4. The molecule has 0 atom stereocenters. The summed E-state index contributed by atoms with van der Waals surface area (Å²) in [7, 11) is 0. The molecule has 1 aromatic heterocycles. The van der Waals surface area contributed by atoms with E-state index in [1.807, 2.05) is 11.8 Å². The third kappa shape index (κ3) is 3.44. The van der Waals surface area contributed by atoms with E-state index in [4.69, 9.17) is 0 Å². The van der Waals surface area contributed by atoms with Crippen molar-refractivity contribution in [1.29, 1.82) is 0 Å². The fourth-order valence-electron chi connectivity index (χ4n) is 3.97. The molecular formula is C19H24N4O2. The maximum absolute atomic E-state index is 12.5. The second-order valence-electron chi connectivity index (χ2n) is 7.07. The molecular weight excluding hydrogens is 316 g/mol. The Bertz CT molecular complexity index is 749. The molecule has 0 unspecified atom stereocenters. The van der Waals surface area contributed by atoms with E-state index in [2.05, 4.69) is 44.1 Å². The molecule has 0 N–H and O–H groups in total. The SMILES string of the molecule is Cc1nonc1CC(=O)N1CCC(N2CCc3ccccc3C2)CC1. The van der Waals surface area contributed by atoms with Gasteiger partial charge in [-0.2, -0.15) is 0 Å². The van der Waals surface area contributed by atoms with E-state index in [1.54, 1.807) is 0 Å². The molecule has 6 heteroatoms. The van der Waals surface area contributed by atoms with Gasteiger partial charge in [-0.05, 0) is 37.3 Å². The van der Waals surface area contributed by atoms with E-state index in [1.165, 1.54) is 11.1 Å². The van der Waals surface area contributed by atoms with Gasteiger partial charge in [-0.1, -0.05) is 34.6 Å². The predicted molar refractivity (Wildman–Crippen MR) is 92.9 cm³/mol. The van der Waals surface area contributed by atoms with Crippen molar-refractivity contribution in [1.82, 2.24) is 20.1 Å². The largest absolute Gasteiger partial charge is 0.342 e. The molecule has 6 nitrogen and oxygen atoms in total. The lowest BCUT2D eigenvalue weighted by Gasteiger charge is -2.40. The maximum Gasteiger partial charge on any atom is 0.228 e. The number of aryl methyl sites for hydroxylation is 1. The lowest BCUT2D eigenvalue weighted by Crippen LogP contribution is -2.48. The van der Waals surface area contributed by atoms with Crippen molar-refractivity contribution in [2.45, 2.75) is 45.2 Å². The smallest absolute Gasteiger partial charge is 0.228 e. The van der Waals surface area contributed by atoms with Gasteiger partial charge in [-0.25, -0.2) is 4.63 Å². The van der Waals surface area contributed by atoms with Crippen LogP contribution in [0.15, 0.2) is 28.9 Å². The van der Waals surface area contributed by atoms with E-state index in [0.29, 0.717) is 17.4 Å². The summed E-state index contributed by atoms with van der Waals surface area (Å²) in [5.74, 6) is 0.126. The zero-order valence-electron chi connectivity index (χ0n) is 14.6. The van der Waals surface area contributed by atoms with Crippen LogP contribution in [0.5, 0.6) is 0 Å². The second kappa shape index (κ2) is 6.96. The minimum absolute atomic E-state index is 0.126. The first-order valence-corrected chi connectivity index (χ1v) is 9.07. The van der Waals surface area contributed by atoms with E-state index < -0.39 is 0 Å². The molecule has 0 bridgehead atoms. The van der Waals surface area contributed by atoms with E-state index in [-0.39, 0.29) is 12.3 Å². The third-order valence-electron chi connectivity index (χ3n) is 5.56. The summed E-state index contributed by atoms with van der Waals surface area (Å²) >= 11 is 0. The van der Waals surface area contributed by atoms with Crippen molar-refractivity contribution in [3.8, 4) is 0 Å². The number of piperidine rings is 1. The fourth-order valence-corrected chi connectivity index (χ4v) is 3.97. The number of carbonyl (C=O) groups is 1. The summed E-state index contributed by atoms with van der Waals surface area (Å²) in [5.41, 5.74) is 4.30. The zero-order chi connectivity index (χ0) is 17.2. The lowest BCUT2D eigenvalue weighted by molar-refractivity contribution is -0.132. The topological polar surface area (TPSA) is 62.5 Å². The summed E-state index contributed by atoms with van der Waals surface area (Å²) in [6, 6.07) is 9.32. The van der Waals surface area contributed by atoms with Crippen molar-refractivity contribution in [2.75, 3.05) is 19.6 Å². The van der Waals surface area contributed by atoms with Crippen LogP contribution in [0.4, 0.5) is 0 Å². The molecule has 1 aromatic carbocycles. The Morgan fingerprint density at radius 2 is 1.92 bits per heavy atom. The minimum Gasteiger partial charge on any atom is -0.342 e. The number of hydrogen-bond donors (Lipinski definition) is 0. The van der Waals surface area contributed by atoms with Crippen molar-refractivity contribution >= 4 is 5.91 Å². The number of hydrogen-bond acceptors (Lipinski definition) is 5. The fraction of sp³-hybridized carbons (Fsp3) is 0.526. The molecule has 2 aromatic rings. The van der Waals surface area contributed by atoms with Crippen LogP contribution >= 0.6 is 0 Å². The van der Waals surface area contributed by atoms with Crippen molar-refractivity contribution in [2.24, 2.45) is 0 Å². The zero-order valence-corrected chi connectivity index (χ0v) is 14.6. The summed E-state index contributed by atoms with van der Waals surface area (Å²) in [6.07, 6.45) is 3.51. The molecule has 0 aliphatic carbocycles. The summed E-state index contributed by atoms with van der Waals surface area (Å²) in [5, 5.41) is 7.56. The molecule has 3 heterocycles. The van der Waals surface area contributed by atoms with Crippen LogP contribution in [0.3, 0.4) is 0 Å². The number of benzene rings is 1. The van der Waals surface area contributed by atoms with Crippen LogP contribution in [0, 0.1) is 6.92 Å². The molecule has 25 heavy (non-hydrogen) atoms. The van der Waals surface area contributed by atoms with Gasteiger partial charge in [0.05, 0.1) is 6.42 Å². The molecule has 2 aliphatic rings. The number of amides is 1. The van der Waals surface area contributed by atoms with Crippen LogP contribution < -0.4 is 0 Å². The van der Waals surface area contributed by atoms with E-state index in [0.717, 1.165) is 45.4 Å². The Kier molecular flexibility index (Phi) is 4.53. The summed E-state index contributed by atoms with van der Waals surface area (Å²) in [6.45, 7) is 5.63. The lowest BCUT2D eigenvalue weighted by atomic mass is 9.95. The average Bonchev–Trinajstić information content (AvgIpc) is 3.06. The highest BCUT2D eigenvalue weighted by Crippen LogP contribution is 2.25. The Hall–Kier alpha value is -2.21. The van der Waals surface area contributed by atoms with Gasteiger partial charge in [0, 0.05) is 32.2 Å². The normalized spacial score (nSPS) is 19.0. The van der Waals surface area contributed by atoms with Crippen molar-refractivity contribution < 1.29 is 9.42 Å². The van der Waals surface area contributed by atoms with E-state index in [9.17, 15) is 4.79 Å². The number of aromatic nitrogens is 2. The number of rotatable bonds is 3. The molecule has 0 radical (unpaired) electrons. The first-order chi connectivity index (χ1) is 12.2. The standard InChI is InChI=1S/C19H24N4O2/c1-14-18(21-25-20-14)12-19(24)22-10-7-17(8-11-22)23-9-6-15-4-2-3-5-16(15)13-23/h2-5,17H,6-13H2,1H3. The van der Waals surface area contributed by atoms with Crippen LogP contribution in [0.1, 0.15) is 35.4 Å². The predicted octanol–water partition coefficient (Wildman–Crippen LogP) is 1.97. The maximum atomic E-state index is 12.5. The Balaban J connectivity index is 1.31. The van der Waals surface area contributed by atoms with Crippen molar-refractivity contribution in [3.63, 3.8) is 0 Å². The molecule has 0 saturated carbocycles. The average molecular weight is 340 g/mol. The van der Waals surface area contributed by atoms with Crippen LogP contribution in [-0.4, -0.2) is 51.7 Å². The quantitative estimate of drug-likeness (QED) is 0.855. The number of fused-ring (bicyclic) bond motifs is 1. The number of likely N-dealkylation sites (tertiary alicyclic amines) is 1. The first kappa shape index (κ1) is 16.3.